The molecule has 1 saturated heterocycles. The summed E-state index contributed by atoms with van der Waals surface area (Å²) in [7, 11) is 0. The Balaban J connectivity index is 2.13. The van der Waals surface area contributed by atoms with E-state index in [0.29, 0.717) is 5.54 Å². The van der Waals surface area contributed by atoms with Gasteiger partial charge in [0.2, 0.25) is 0 Å². The molecule has 1 fully saturated rings. The van der Waals surface area contributed by atoms with E-state index >= 15 is 0 Å². The predicted octanol–water partition coefficient (Wildman–Crippen LogP) is 4.00. The second-order valence-electron chi connectivity index (χ2n) is 6.11. The molecule has 0 atom stereocenters. The van der Waals surface area contributed by atoms with Gasteiger partial charge in [-0.25, -0.2) is 0 Å². The van der Waals surface area contributed by atoms with E-state index in [1.54, 1.807) is 0 Å². The van der Waals surface area contributed by atoms with Gasteiger partial charge in [-0.15, -0.1) is 0 Å². The van der Waals surface area contributed by atoms with Gasteiger partial charge in [0.1, 0.15) is 0 Å². The molecule has 112 valence electrons. The molecule has 0 saturated carbocycles. The van der Waals surface area contributed by atoms with Crippen molar-refractivity contribution in [1.29, 1.82) is 0 Å². The van der Waals surface area contributed by atoms with E-state index in [2.05, 4.69) is 55.3 Å². The van der Waals surface area contributed by atoms with Crippen molar-refractivity contribution in [3.8, 4) is 0 Å². The summed E-state index contributed by atoms with van der Waals surface area (Å²) >= 11 is 0. The summed E-state index contributed by atoms with van der Waals surface area (Å²) in [5, 5.41) is 3.78. The van der Waals surface area contributed by atoms with Gasteiger partial charge in [0.05, 0.1) is 0 Å². The zero-order valence-corrected chi connectivity index (χ0v) is 13.4. The fourth-order valence-electron chi connectivity index (χ4n) is 3.23. The van der Waals surface area contributed by atoms with Crippen LogP contribution < -0.4 is 10.2 Å². The molecule has 0 aromatic heterocycles. The molecular weight excluding hydrogens is 244 g/mol. The van der Waals surface area contributed by atoms with E-state index in [4.69, 9.17) is 0 Å². The van der Waals surface area contributed by atoms with Crippen LogP contribution in [0.3, 0.4) is 0 Å². The Morgan fingerprint density at radius 3 is 2.40 bits per heavy atom. The molecule has 1 aliphatic heterocycles. The number of nitrogens with zero attached hydrogens (tertiary/aromatic N) is 1. The van der Waals surface area contributed by atoms with Gasteiger partial charge in [0.15, 0.2) is 0 Å². The van der Waals surface area contributed by atoms with Crippen LogP contribution in [-0.2, 0) is 6.42 Å². The van der Waals surface area contributed by atoms with Crippen molar-refractivity contribution >= 4 is 5.69 Å². The molecule has 1 heterocycles. The molecular formula is C18H30N2. The normalized spacial score (nSPS) is 18.9. The summed E-state index contributed by atoms with van der Waals surface area (Å²) in [6.45, 7) is 10.3. The van der Waals surface area contributed by atoms with Gasteiger partial charge in [-0.1, -0.05) is 39.3 Å². The van der Waals surface area contributed by atoms with Crippen molar-refractivity contribution in [1.82, 2.24) is 5.32 Å². The van der Waals surface area contributed by atoms with Gasteiger partial charge >= 0.3 is 0 Å². The standard InChI is InChI=1S/C18H30N2/c1-4-8-16-9-11-17(12-10-16)20-14-7-13-19-18(5-2,6-3)15-20/h9-12,19H,4-8,13-15H2,1-3H3. The maximum Gasteiger partial charge on any atom is 0.0367 e. The molecule has 0 amide bonds. The molecule has 20 heavy (non-hydrogen) atoms. The van der Waals surface area contributed by atoms with Crippen LogP contribution in [0.2, 0.25) is 0 Å². The van der Waals surface area contributed by atoms with Crippen molar-refractivity contribution in [3.63, 3.8) is 0 Å². The third-order valence-corrected chi connectivity index (χ3v) is 4.79. The summed E-state index contributed by atoms with van der Waals surface area (Å²) in [6.07, 6.45) is 6.05. The second kappa shape index (κ2) is 7.12. The number of nitrogens with one attached hydrogen (secondary N) is 1. The highest BCUT2D eigenvalue weighted by Gasteiger charge is 2.30. The Labute approximate surface area is 124 Å². The molecule has 1 aliphatic rings. The molecule has 2 rings (SSSR count). The summed E-state index contributed by atoms with van der Waals surface area (Å²) < 4.78 is 0. The number of anilines is 1. The molecule has 2 nitrogen and oxygen atoms in total. The van der Waals surface area contributed by atoms with Gasteiger partial charge in [0, 0.05) is 24.3 Å². The fraction of sp³-hybridized carbons (Fsp3) is 0.667. The third kappa shape index (κ3) is 3.54. The minimum atomic E-state index is 0.290. The summed E-state index contributed by atoms with van der Waals surface area (Å²) in [4.78, 5) is 2.57. The maximum absolute atomic E-state index is 3.78. The first kappa shape index (κ1) is 15.4. The number of benzene rings is 1. The van der Waals surface area contributed by atoms with Crippen LogP contribution in [0.25, 0.3) is 0 Å². The predicted molar refractivity (Wildman–Crippen MR) is 88.6 cm³/mol. The Morgan fingerprint density at radius 1 is 1.10 bits per heavy atom. The lowest BCUT2D eigenvalue weighted by atomic mass is 9.92. The van der Waals surface area contributed by atoms with Crippen LogP contribution in [0.4, 0.5) is 5.69 Å². The Morgan fingerprint density at radius 2 is 1.80 bits per heavy atom. The van der Waals surface area contributed by atoms with Gasteiger partial charge in [-0.3, -0.25) is 0 Å². The first-order chi connectivity index (χ1) is 9.73. The second-order valence-corrected chi connectivity index (χ2v) is 6.11. The number of hydrogen-bond donors (Lipinski definition) is 1. The minimum Gasteiger partial charge on any atom is -0.370 e. The molecule has 1 aromatic rings. The average Bonchev–Trinajstić information content (AvgIpc) is 2.72. The zero-order chi connectivity index (χ0) is 14.4. The first-order valence-electron chi connectivity index (χ1n) is 8.32. The highest BCUT2D eigenvalue weighted by Crippen LogP contribution is 2.25. The lowest BCUT2D eigenvalue weighted by Gasteiger charge is -2.36. The Bertz CT molecular complexity index is 392. The summed E-state index contributed by atoms with van der Waals surface area (Å²) in [6, 6.07) is 9.23. The van der Waals surface area contributed by atoms with E-state index < -0.39 is 0 Å². The quantitative estimate of drug-likeness (QED) is 0.873. The SMILES string of the molecule is CCCc1ccc(N2CCCNC(CC)(CC)C2)cc1. The van der Waals surface area contributed by atoms with Gasteiger partial charge in [-0.2, -0.15) is 0 Å². The van der Waals surface area contributed by atoms with E-state index in [1.165, 1.54) is 49.9 Å². The van der Waals surface area contributed by atoms with Crippen LogP contribution in [0.1, 0.15) is 52.0 Å². The maximum atomic E-state index is 3.78. The number of hydrogen-bond acceptors (Lipinski definition) is 2. The van der Waals surface area contributed by atoms with E-state index in [0.717, 1.165) is 13.1 Å². The first-order valence-corrected chi connectivity index (χ1v) is 8.32. The lowest BCUT2D eigenvalue weighted by molar-refractivity contribution is 0.321. The Hall–Kier alpha value is -1.02. The van der Waals surface area contributed by atoms with E-state index in [-0.39, 0.29) is 0 Å². The highest BCUT2D eigenvalue weighted by atomic mass is 15.2. The molecule has 0 spiro atoms. The van der Waals surface area contributed by atoms with E-state index in [1.807, 2.05) is 0 Å². The zero-order valence-electron chi connectivity index (χ0n) is 13.4. The van der Waals surface area contributed by atoms with Crippen molar-refractivity contribution in [2.24, 2.45) is 0 Å². The minimum absolute atomic E-state index is 0.290. The van der Waals surface area contributed by atoms with Crippen LogP contribution in [-0.4, -0.2) is 25.2 Å². The number of rotatable bonds is 5. The van der Waals surface area contributed by atoms with E-state index in [9.17, 15) is 0 Å². The molecule has 0 unspecified atom stereocenters. The molecule has 0 radical (unpaired) electrons. The van der Waals surface area contributed by atoms with Crippen LogP contribution in [0.15, 0.2) is 24.3 Å². The van der Waals surface area contributed by atoms with Crippen LogP contribution >= 0.6 is 0 Å². The highest BCUT2D eigenvalue weighted by molar-refractivity contribution is 5.48. The largest absolute Gasteiger partial charge is 0.370 e. The molecule has 1 aromatic carbocycles. The third-order valence-electron chi connectivity index (χ3n) is 4.79. The Kier molecular flexibility index (Phi) is 5.47. The van der Waals surface area contributed by atoms with Gasteiger partial charge < -0.3 is 10.2 Å². The van der Waals surface area contributed by atoms with Crippen LogP contribution in [0.5, 0.6) is 0 Å². The summed E-state index contributed by atoms with van der Waals surface area (Å²) in [5.74, 6) is 0. The van der Waals surface area contributed by atoms with Crippen molar-refractivity contribution in [2.45, 2.75) is 58.4 Å². The van der Waals surface area contributed by atoms with Crippen LogP contribution in [0, 0.1) is 0 Å². The smallest absolute Gasteiger partial charge is 0.0367 e. The van der Waals surface area contributed by atoms with Crippen molar-refractivity contribution in [2.75, 3.05) is 24.5 Å². The number of aryl methyl sites for hydroxylation is 1. The van der Waals surface area contributed by atoms with Gasteiger partial charge in [0.25, 0.3) is 0 Å². The van der Waals surface area contributed by atoms with Crippen molar-refractivity contribution in [3.05, 3.63) is 29.8 Å². The molecule has 1 N–H and O–H groups in total. The van der Waals surface area contributed by atoms with Gasteiger partial charge in [-0.05, 0) is 49.9 Å². The molecule has 0 bridgehead atoms. The summed E-state index contributed by atoms with van der Waals surface area (Å²) in [5.41, 5.74) is 3.14. The van der Waals surface area contributed by atoms with Crippen molar-refractivity contribution < 1.29 is 0 Å². The monoisotopic (exact) mass is 274 g/mol. The molecule has 2 heteroatoms. The topological polar surface area (TPSA) is 15.3 Å². The fourth-order valence-corrected chi connectivity index (χ4v) is 3.23. The molecule has 0 aliphatic carbocycles. The lowest BCUT2D eigenvalue weighted by Crippen LogP contribution is -2.50. The average molecular weight is 274 g/mol.